The zero-order valence-corrected chi connectivity index (χ0v) is 12.5. The molecule has 0 fully saturated rings. The van der Waals surface area contributed by atoms with Gasteiger partial charge in [-0.3, -0.25) is 0 Å². The number of aliphatic hydroxyl groups excluding tert-OH is 1. The third-order valence-corrected chi connectivity index (χ3v) is 3.44. The molecule has 122 valence electrons. The summed E-state index contributed by atoms with van der Waals surface area (Å²) >= 11 is 0. The maximum atomic E-state index is 13.4. The minimum atomic E-state index is -0.702. The van der Waals surface area contributed by atoms with Gasteiger partial charge >= 0.3 is 0 Å². The molecule has 0 saturated carbocycles. The summed E-state index contributed by atoms with van der Waals surface area (Å²) < 4.78 is 29.4. The summed E-state index contributed by atoms with van der Waals surface area (Å²) in [4.78, 5) is 0. The van der Waals surface area contributed by atoms with Crippen molar-refractivity contribution in [1.82, 2.24) is 5.32 Å². The molecule has 0 radical (unpaired) electrons. The molecule has 1 aliphatic heterocycles. The van der Waals surface area contributed by atoms with E-state index in [0.717, 1.165) is 0 Å². The van der Waals surface area contributed by atoms with E-state index in [9.17, 15) is 9.50 Å². The van der Waals surface area contributed by atoms with Crippen molar-refractivity contribution in [3.63, 3.8) is 0 Å². The number of halogens is 1. The van der Waals surface area contributed by atoms with Crippen molar-refractivity contribution in [1.29, 1.82) is 0 Å². The lowest BCUT2D eigenvalue weighted by atomic mass is 10.2. The van der Waals surface area contributed by atoms with E-state index in [-0.39, 0.29) is 19.2 Å². The van der Waals surface area contributed by atoms with Crippen LogP contribution < -0.4 is 19.5 Å². The SMILES string of the molecule is OC(CNCc1ccccc1F)COc1ccc2c(c1)OCO2. The smallest absolute Gasteiger partial charge is 0.231 e. The van der Waals surface area contributed by atoms with Crippen LogP contribution in [0.4, 0.5) is 4.39 Å². The second kappa shape index (κ2) is 7.30. The Kier molecular flexibility index (Phi) is 4.95. The molecule has 0 aliphatic carbocycles. The van der Waals surface area contributed by atoms with Crippen molar-refractivity contribution in [2.75, 3.05) is 19.9 Å². The Hall–Kier alpha value is -2.31. The second-order valence-corrected chi connectivity index (χ2v) is 5.20. The quantitative estimate of drug-likeness (QED) is 0.818. The number of rotatable bonds is 7. The fourth-order valence-corrected chi connectivity index (χ4v) is 2.23. The predicted octanol–water partition coefficient (Wildman–Crippen LogP) is 2.08. The minimum absolute atomic E-state index is 0.129. The number of ether oxygens (including phenoxy) is 3. The van der Waals surface area contributed by atoms with Crippen LogP contribution in [0.5, 0.6) is 17.2 Å². The number of aliphatic hydroxyl groups is 1. The van der Waals surface area contributed by atoms with E-state index < -0.39 is 6.10 Å². The summed E-state index contributed by atoms with van der Waals surface area (Å²) in [6.45, 7) is 0.998. The number of fused-ring (bicyclic) bond motifs is 1. The standard InChI is InChI=1S/C17H18FNO4/c18-15-4-2-1-3-12(15)8-19-9-13(20)10-21-14-5-6-16-17(7-14)23-11-22-16/h1-7,13,19-20H,8-11H2. The van der Waals surface area contributed by atoms with E-state index in [2.05, 4.69) is 5.32 Å². The van der Waals surface area contributed by atoms with Gasteiger partial charge in [0.25, 0.3) is 0 Å². The maximum Gasteiger partial charge on any atom is 0.231 e. The molecule has 0 amide bonds. The number of nitrogens with one attached hydrogen (secondary N) is 1. The van der Waals surface area contributed by atoms with Crippen LogP contribution >= 0.6 is 0 Å². The summed E-state index contributed by atoms with van der Waals surface area (Å²) in [6, 6.07) is 11.8. The molecule has 1 heterocycles. The molecule has 5 nitrogen and oxygen atoms in total. The molecule has 2 N–H and O–H groups in total. The highest BCUT2D eigenvalue weighted by Gasteiger charge is 2.14. The summed E-state index contributed by atoms with van der Waals surface area (Å²) in [6.07, 6.45) is -0.702. The van der Waals surface area contributed by atoms with Gasteiger partial charge in [-0.2, -0.15) is 0 Å². The van der Waals surface area contributed by atoms with E-state index in [1.165, 1.54) is 6.07 Å². The molecule has 6 heteroatoms. The molecule has 1 aliphatic rings. The number of benzene rings is 2. The van der Waals surface area contributed by atoms with Gasteiger partial charge in [-0.25, -0.2) is 4.39 Å². The first-order valence-corrected chi connectivity index (χ1v) is 7.37. The molecule has 0 bridgehead atoms. The highest BCUT2D eigenvalue weighted by molar-refractivity contribution is 5.46. The van der Waals surface area contributed by atoms with Crippen molar-refractivity contribution in [3.05, 3.63) is 53.8 Å². The van der Waals surface area contributed by atoms with Crippen LogP contribution in [-0.2, 0) is 6.54 Å². The maximum absolute atomic E-state index is 13.4. The van der Waals surface area contributed by atoms with Crippen molar-refractivity contribution in [2.45, 2.75) is 12.6 Å². The molecule has 0 spiro atoms. The van der Waals surface area contributed by atoms with Crippen LogP contribution in [0.1, 0.15) is 5.56 Å². The van der Waals surface area contributed by atoms with Gasteiger partial charge in [0.2, 0.25) is 6.79 Å². The first kappa shape index (κ1) is 15.6. The lowest BCUT2D eigenvalue weighted by Crippen LogP contribution is -2.31. The van der Waals surface area contributed by atoms with E-state index in [0.29, 0.717) is 35.9 Å². The summed E-state index contributed by atoms with van der Waals surface area (Å²) in [7, 11) is 0. The summed E-state index contributed by atoms with van der Waals surface area (Å²) in [5, 5.41) is 12.9. The van der Waals surface area contributed by atoms with Gasteiger partial charge < -0.3 is 24.6 Å². The number of hydrogen-bond donors (Lipinski definition) is 2. The Balaban J connectivity index is 1.41. The van der Waals surface area contributed by atoms with E-state index in [1.807, 2.05) is 0 Å². The fourth-order valence-electron chi connectivity index (χ4n) is 2.23. The summed E-state index contributed by atoms with van der Waals surface area (Å²) in [5.41, 5.74) is 0.566. The number of hydrogen-bond acceptors (Lipinski definition) is 5. The van der Waals surface area contributed by atoms with Crippen molar-refractivity contribution >= 4 is 0 Å². The van der Waals surface area contributed by atoms with Crippen molar-refractivity contribution in [3.8, 4) is 17.2 Å². The molecule has 3 rings (SSSR count). The van der Waals surface area contributed by atoms with E-state index in [1.54, 1.807) is 36.4 Å². The van der Waals surface area contributed by atoms with Gasteiger partial charge in [0, 0.05) is 24.7 Å². The Morgan fingerprint density at radius 1 is 1.17 bits per heavy atom. The van der Waals surface area contributed by atoms with E-state index in [4.69, 9.17) is 14.2 Å². The van der Waals surface area contributed by atoms with Crippen molar-refractivity contribution < 1.29 is 23.7 Å². The van der Waals surface area contributed by atoms with Crippen molar-refractivity contribution in [2.24, 2.45) is 0 Å². The summed E-state index contributed by atoms with van der Waals surface area (Å²) in [5.74, 6) is 1.66. The average Bonchev–Trinajstić information content (AvgIpc) is 3.02. The van der Waals surface area contributed by atoms with Gasteiger partial charge in [-0.1, -0.05) is 18.2 Å². The van der Waals surface area contributed by atoms with Crippen LogP contribution in [0.3, 0.4) is 0 Å². The molecule has 0 saturated heterocycles. The zero-order valence-electron chi connectivity index (χ0n) is 12.5. The third kappa shape index (κ3) is 4.12. The first-order valence-electron chi connectivity index (χ1n) is 7.37. The topological polar surface area (TPSA) is 60.0 Å². The average molecular weight is 319 g/mol. The van der Waals surface area contributed by atoms with Gasteiger partial charge in [-0.05, 0) is 18.2 Å². The van der Waals surface area contributed by atoms with Crippen LogP contribution in [0, 0.1) is 5.82 Å². The molecule has 2 aromatic carbocycles. The second-order valence-electron chi connectivity index (χ2n) is 5.20. The first-order chi connectivity index (χ1) is 11.2. The normalized spacial score (nSPS) is 13.8. The van der Waals surface area contributed by atoms with Crippen LogP contribution in [0.2, 0.25) is 0 Å². The monoisotopic (exact) mass is 319 g/mol. The Morgan fingerprint density at radius 3 is 2.87 bits per heavy atom. The van der Waals surface area contributed by atoms with Gasteiger partial charge in [0.15, 0.2) is 11.5 Å². The molecule has 1 unspecified atom stereocenters. The Morgan fingerprint density at radius 2 is 2.00 bits per heavy atom. The largest absolute Gasteiger partial charge is 0.491 e. The molecule has 0 aromatic heterocycles. The zero-order chi connectivity index (χ0) is 16.1. The van der Waals surface area contributed by atoms with Gasteiger partial charge in [0.1, 0.15) is 24.3 Å². The predicted molar refractivity (Wildman–Crippen MR) is 82.2 cm³/mol. The highest BCUT2D eigenvalue weighted by atomic mass is 19.1. The third-order valence-electron chi connectivity index (χ3n) is 3.44. The molecule has 1 atom stereocenters. The minimum Gasteiger partial charge on any atom is -0.491 e. The molecule has 2 aromatic rings. The molecular formula is C17H18FNO4. The lowest BCUT2D eigenvalue weighted by molar-refractivity contribution is 0.106. The lowest BCUT2D eigenvalue weighted by Gasteiger charge is -2.13. The highest BCUT2D eigenvalue weighted by Crippen LogP contribution is 2.35. The Labute approximate surface area is 133 Å². The van der Waals surface area contributed by atoms with Crippen LogP contribution in [0.25, 0.3) is 0 Å². The molecule has 23 heavy (non-hydrogen) atoms. The van der Waals surface area contributed by atoms with Crippen LogP contribution in [-0.4, -0.2) is 31.2 Å². The van der Waals surface area contributed by atoms with E-state index >= 15 is 0 Å². The van der Waals surface area contributed by atoms with Crippen LogP contribution in [0.15, 0.2) is 42.5 Å². The fraction of sp³-hybridized carbons (Fsp3) is 0.294. The molecular weight excluding hydrogens is 301 g/mol. The van der Waals surface area contributed by atoms with Gasteiger partial charge in [0.05, 0.1) is 0 Å². The Bertz CT molecular complexity index is 665. The van der Waals surface area contributed by atoms with Gasteiger partial charge in [-0.15, -0.1) is 0 Å².